The van der Waals surface area contributed by atoms with Gasteiger partial charge in [-0.05, 0) is 68.0 Å². The number of aryl methyl sites for hydroxylation is 3. The van der Waals surface area contributed by atoms with Gasteiger partial charge < -0.3 is 14.4 Å². The Labute approximate surface area is 199 Å². The zero-order valence-electron chi connectivity index (χ0n) is 19.0. The molecule has 0 unspecified atom stereocenters. The van der Waals surface area contributed by atoms with Crippen LogP contribution in [0.15, 0.2) is 54.7 Å². The number of carbonyl (C=O) groups is 1. The summed E-state index contributed by atoms with van der Waals surface area (Å²) >= 11 is 5.96. The number of hydrogen-bond acceptors (Lipinski definition) is 6. The molecular formula is C26H28ClN3O3. The third-order valence-electron chi connectivity index (χ3n) is 6.04. The second-order valence-electron chi connectivity index (χ2n) is 8.20. The van der Waals surface area contributed by atoms with Gasteiger partial charge in [-0.25, -0.2) is 14.8 Å². The number of halogens is 1. The van der Waals surface area contributed by atoms with E-state index in [-0.39, 0.29) is 6.04 Å². The van der Waals surface area contributed by atoms with Crippen molar-refractivity contribution in [3.05, 3.63) is 82.1 Å². The first kappa shape index (κ1) is 23.1. The molecule has 0 amide bonds. The highest BCUT2D eigenvalue weighted by molar-refractivity contribution is 6.30. The zero-order valence-corrected chi connectivity index (χ0v) is 19.7. The molecule has 0 radical (unpaired) electrons. The predicted molar refractivity (Wildman–Crippen MR) is 129 cm³/mol. The van der Waals surface area contributed by atoms with Gasteiger partial charge in [0.2, 0.25) is 5.95 Å². The minimum atomic E-state index is -0.412. The molecule has 0 N–H and O–H groups in total. The van der Waals surface area contributed by atoms with Gasteiger partial charge in [0.1, 0.15) is 12.4 Å². The summed E-state index contributed by atoms with van der Waals surface area (Å²) in [6, 6.07) is 15.8. The Morgan fingerprint density at radius 1 is 1.15 bits per heavy atom. The molecule has 1 aliphatic heterocycles. The van der Waals surface area contributed by atoms with Crippen LogP contribution in [0.25, 0.3) is 0 Å². The van der Waals surface area contributed by atoms with Crippen LogP contribution in [-0.2, 0) is 17.6 Å². The van der Waals surface area contributed by atoms with Crippen LogP contribution in [0, 0.1) is 6.92 Å². The van der Waals surface area contributed by atoms with Gasteiger partial charge in [0.25, 0.3) is 0 Å². The average Bonchev–Trinajstić information content (AvgIpc) is 3.31. The highest BCUT2D eigenvalue weighted by Crippen LogP contribution is 2.25. The maximum absolute atomic E-state index is 12.3. The van der Waals surface area contributed by atoms with Crippen molar-refractivity contribution < 1.29 is 14.3 Å². The minimum absolute atomic E-state index is 0.161. The lowest BCUT2D eigenvalue weighted by atomic mass is 10.0. The minimum Gasteiger partial charge on any atom is -0.491 e. The Hall–Kier alpha value is -3.12. The van der Waals surface area contributed by atoms with Gasteiger partial charge in [-0.3, -0.25) is 0 Å². The number of carbonyl (C=O) groups excluding carboxylic acids is 1. The molecule has 33 heavy (non-hydrogen) atoms. The van der Waals surface area contributed by atoms with Crippen LogP contribution < -0.4 is 9.64 Å². The van der Waals surface area contributed by atoms with Gasteiger partial charge in [0.15, 0.2) is 0 Å². The van der Waals surface area contributed by atoms with E-state index in [0.29, 0.717) is 35.3 Å². The second-order valence-corrected chi connectivity index (χ2v) is 8.64. The summed E-state index contributed by atoms with van der Waals surface area (Å²) in [5.41, 5.74) is 3.59. The summed E-state index contributed by atoms with van der Waals surface area (Å²) in [7, 11) is 1.38. The van der Waals surface area contributed by atoms with Crippen molar-refractivity contribution in [3.8, 4) is 5.75 Å². The summed E-state index contributed by atoms with van der Waals surface area (Å²) < 4.78 is 11.0. The number of rotatable bonds is 8. The topological polar surface area (TPSA) is 64.5 Å². The van der Waals surface area contributed by atoms with E-state index in [1.165, 1.54) is 18.2 Å². The number of ether oxygens (including phenoxy) is 2. The van der Waals surface area contributed by atoms with E-state index < -0.39 is 5.97 Å². The molecule has 7 heteroatoms. The Kier molecular flexibility index (Phi) is 7.45. The smallest absolute Gasteiger partial charge is 0.341 e. The molecule has 1 fully saturated rings. The van der Waals surface area contributed by atoms with Gasteiger partial charge in [0, 0.05) is 17.8 Å². The van der Waals surface area contributed by atoms with Crippen LogP contribution in [0.5, 0.6) is 5.75 Å². The van der Waals surface area contributed by atoms with Crippen LogP contribution in [0.1, 0.15) is 40.0 Å². The highest BCUT2D eigenvalue weighted by atomic mass is 35.5. The summed E-state index contributed by atoms with van der Waals surface area (Å²) in [5, 5.41) is 0.683. The summed E-state index contributed by atoms with van der Waals surface area (Å²) in [6.07, 6.45) is 5.04. The Morgan fingerprint density at radius 3 is 2.70 bits per heavy atom. The van der Waals surface area contributed by atoms with Gasteiger partial charge in [-0.1, -0.05) is 35.9 Å². The van der Waals surface area contributed by atoms with Gasteiger partial charge >= 0.3 is 5.97 Å². The van der Waals surface area contributed by atoms with E-state index in [4.69, 9.17) is 26.1 Å². The number of anilines is 1. The van der Waals surface area contributed by atoms with Gasteiger partial charge in [0.05, 0.1) is 24.4 Å². The van der Waals surface area contributed by atoms with E-state index in [1.807, 2.05) is 36.4 Å². The number of methoxy groups -OCH3 is 1. The molecule has 0 bridgehead atoms. The third-order valence-corrected chi connectivity index (χ3v) is 6.29. The van der Waals surface area contributed by atoms with Crippen molar-refractivity contribution in [2.75, 3.05) is 25.2 Å². The standard InChI is InChI=1S/C26H28ClN3O3/c1-18-6-3-4-7-19(18)9-14-24-23(25(31)32-2)16-28-26(29-24)30-15-5-8-21(30)17-33-22-12-10-20(27)11-13-22/h3-4,6-7,10-13,16,21H,5,8-9,14-15,17H2,1-2H3/t21-/m0/s1. The predicted octanol–water partition coefficient (Wildman–Crippen LogP) is 5.06. The quantitative estimate of drug-likeness (QED) is 0.433. The fraction of sp³-hybridized carbons (Fsp3) is 0.346. The van der Waals surface area contributed by atoms with Crippen molar-refractivity contribution in [2.45, 2.75) is 38.6 Å². The molecule has 1 atom stereocenters. The van der Waals surface area contributed by atoms with Crippen molar-refractivity contribution in [1.29, 1.82) is 0 Å². The van der Waals surface area contributed by atoms with Crippen LogP contribution in [0.2, 0.25) is 5.02 Å². The SMILES string of the molecule is COC(=O)c1cnc(N2CCC[C@H]2COc2ccc(Cl)cc2)nc1CCc1ccccc1C. The normalized spacial score (nSPS) is 15.5. The zero-order chi connectivity index (χ0) is 23.2. The molecule has 3 aromatic rings. The third kappa shape index (κ3) is 5.63. The molecule has 172 valence electrons. The van der Waals surface area contributed by atoms with Crippen LogP contribution in [0.3, 0.4) is 0 Å². The fourth-order valence-electron chi connectivity index (χ4n) is 4.16. The maximum Gasteiger partial charge on any atom is 0.341 e. The first-order valence-electron chi connectivity index (χ1n) is 11.2. The molecule has 2 aromatic carbocycles. The van der Waals surface area contributed by atoms with Gasteiger partial charge in [-0.2, -0.15) is 0 Å². The summed E-state index contributed by atoms with van der Waals surface area (Å²) in [6.45, 7) is 3.48. The van der Waals surface area contributed by atoms with Crippen LogP contribution >= 0.6 is 11.6 Å². The number of hydrogen-bond donors (Lipinski definition) is 0. The molecule has 0 spiro atoms. The molecule has 4 rings (SSSR count). The monoisotopic (exact) mass is 465 g/mol. The van der Waals surface area contributed by atoms with E-state index in [0.717, 1.165) is 31.6 Å². The highest BCUT2D eigenvalue weighted by Gasteiger charge is 2.28. The maximum atomic E-state index is 12.3. The lowest BCUT2D eigenvalue weighted by Crippen LogP contribution is -2.35. The van der Waals surface area contributed by atoms with E-state index in [9.17, 15) is 4.79 Å². The van der Waals surface area contributed by atoms with Crippen LogP contribution in [-0.4, -0.2) is 42.2 Å². The van der Waals surface area contributed by atoms with Crippen LogP contribution in [0.4, 0.5) is 5.95 Å². The molecular weight excluding hydrogens is 438 g/mol. The largest absolute Gasteiger partial charge is 0.491 e. The molecule has 1 aromatic heterocycles. The van der Waals surface area contributed by atoms with E-state index in [1.54, 1.807) is 6.20 Å². The molecule has 0 saturated carbocycles. The second kappa shape index (κ2) is 10.7. The average molecular weight is 466 g/mol. The lowest BCUT2D eigenvalue weighted by molar-refractivity contribution is 0.0598. The van der Waals surface area contributed by atoms with Crippen molar-refractivity contribution in [2.24, 2.45) is 0 Å². The van der Waals surface area contributed by atoms with E-state index >= 15 is 0 Å². The Morgan fingerprint density at radius 2 is 1.94 bits per heavy atom. The number of esters is 1. The van der Waals surface area contributed by atoms with Gasteiger partial charge in [-0.15, -0.1) is 0 Å². The molecule has 0 aliphatic carbocycles. The Bertz CT molecular complexity index is 1100. The Balaban J connectivity index is 1.52. The first-order chi connectivity index (χ1) is 16.0. The molecule has 2 heterocycles. The van der Waals surface area contributed by atoms with E-state index in [2.05, 4.69) is 28.9 Å². The van der Waals surface area contributed by atoms with Crippen molar-refractivity contribution in [3.63, 3.8) is 0 Å². The fourth-order valence-corrected chi connectivity index (χ4v) is 4.28. The van der Waals surface area contributed by atoms with Crippen molar-refractivity contribution >= 4 is 23.5 Å². The summed E-state index contributed by atoms with van der Waals surface area (Å²) in [4.78, 5) is 23.9. The molecule has 1 aliphatic rings. The summed E-state index contributed by atoms with van der Waals surface area (Å²) in [5.74, 6) is 1.00. The molecule has 1 saturated heterocycles. The lowest BCUT2D eigenvalue weighted by Gasteiger charge is -2.25. The molecule has 6 nitrogen and oxygen atoms in total. The number of benzene rings is 2. The first-order valence-corrected chi connectivity index (χ1v) is 11.6. The number of aromatic nitrogens is 2. The number of nitrogens with zero attached hydrogens (tertiary/aromatic N) is 3. The van der Waals surface area contributed by atoms with Crippen molar-refractivity contribution in [1.82, 2.24) is 9.97 Å².